The highest BCUT2D eigenvalue weighted by Crippen LogP contribution is 2.36. The van der Waals surface area contributed by atoms with Gasteiger partial charge in [0.15, 0.2) is 6.10 Å². The van der Waals surface area contributed by atoms with E-state index >= 15 is 0 Å². The maximum atomic E-state index is 12.8. The van der Waals surface area contributed by atoms with E-state index in [-0.39, 0.29) is 31.4 Å². The number of phosphoric ester groups is 1. The smallest absolute Gasteiger partial charge is 0.469 e. The van der Waals surface area contributed by atoms with Gasteiger partial charge in [0.2, 0.25) is 0 Å². The Morgan fingerprint density at radius 3 is 1.91 bits per heavy atom. The van der Waals surface area contributed by atoms with Gasteiger partial charge in [0.05, 0.1) is 12.7 Å². The number of esters is 2. The molecular formula is C44H76NO11PS. The van der Waals surface area contributed by atoms with E-state index in [9.17, 15) is 33.8 Å². The Balaban J connectivity index is 4.85. The van der Waals surface area contributed by atoms with Gasteiger partial charge < -0.3 is 35.2 Å². The predicted molar refractivity (Wildman–Crippen MR) is 235 cm³/mol. The zero-order valence-electron chi connectivity index (χ0n) is 35.3. The number of aliphatic carboxylic acids is 1. The molecule has 0 aromatic heterocycles. The number of unbranched alkanes of at least 4 members (excludes halogenated alkanes) is 14. The summed E-state index contributed by atoms with van der Waals surface area (Å²) in [6.07, 6.45) is 38.4. The Bertz CT molecular complexity index is 1250. The van der Waals surface area contributed by atoms with Crippen LogP contribution in [0.1, 0.15) is 155 Å². The molecule has 0 aromatic carbocycles. The third-order valence-electron chi connectivity index (χ3n) is 9.01. The first-order valence-electron chi connectivity index (χ1n) is 21.5. The SMILES string of the molecule is CCCCC/C=C\C\C=C/C=C/C=C/[C@@H](SC[C@H](N)C(=O)OC[C@H](COP(=O)(O)O)OC(=O)CCCCCCCCC/C=C\CCCCCC)[C@@H](O)CCCC(=O)O. The molecule has 0 fully saturated rings. The average Bonchev–Trinajstić information content (AvgIpc) is 3.18. The largest absolute Gasteiger partial charge is 0.481 e. The van der Waals surface area contributed by atoms with Crippen LogP contribution in [-0.2, 0) is 32.9 Å². The number of carbonyl (C=O) groups is 3. The summed E-state index contributed by atoms with van der Waals surface area (Å²) in [5.41, 5.74) is 6.10. The van der Waals surface area contributed by atoms with Crippen LogP contribution in [0.15, 0.2) is 60.8 Å². The fourth-order valence-electron chi connectivity index (χ4n) is 5.63. The lowest BCUT2D eigenvalue weighted by Crippen LogP contribution is -2.38. The number of carboxylic acids is 1. The van der Waals surface area contributed by atoms with Crippen LogP contribution in [0, 0.1) is 0 Å². The van der Waals surface area contributed by atoms with Gasteiger partial charge in [-0.25, -0.2) is 4.57 Å². The van der Waals surface area contributed by atoms with Gasteiger partial charge in [0.25, 0.3) is 0 Å². The third kappa shape index (κ3) is 37.7. The summed E-state index contributed by atoms with van der Waals surface area (Å²) in [6.45, 7) is 3.19. The van der Waals surface area contributed by atoms with Crippen molar-refractivity contribution in [2.24, 2.45) is 5.73 Å². The molecule has 334 valence electrons. The second kappa shape index (κ2) is 38.7. The number of hydrogen-bond donors (Lipinski definition) is 5. The fraction of sp³-hybridized carbons (Fsp3) is 0.705. The van der Waals surface area contributed by atoms with Gasteiger partial charge >= 0.3 is 25.7 Å². The summed E-state index contributed by atoms with van der Waals surface area (Å²) in [7, 11) is -4.89. The van der Waals surface area contributed by atoms with Crippen molar-refractivity contribution >= 4 is 37.5 Å². The Hall–Kier alpha value is -2.51. The molecule has 0 aliphatic carbocycles. The second-order valence-electron chi connectivity index (χ2n) is 14.5. The molecule has 58 heavy (non-hydrogen) atoms. The van der Waals surface area contributed by atoms with Crippen molar-refractivity contribution in [3.63, 3.8) is 0 Å². The van der Waals surface area contributed by atoms with Crippen LogP contribution in [0.2, 0.25) is 0 Å². The minimum Gasteiger partial charge on any atom is -0.481 e. The monoisotopic (exact) mass is 857 g/mol. The number of aliphatic hydroxyl groups excluding tert-OH is 1. The van der Waals surface area contributed by atoms with E-state index in [1.165, 1.54) is 76.0 Å². The topological polar surface area (TPSA) is 203 Å². The van der Waals surface area contributed by atoms with E-state index in [4.69, 9.17) is 20.3 Å². The van der Waals surface area contributed by atoms with Crippen LogP contribution in [0.3, 0.4) is 0 Å². The van der Waals surface area contributed by atoms with Crippen LogP contribution in [-0.4, -0.2) is 80.4 Å². The fourth-order valence-corrected chi connectivity index (χ4v) is 7.12. The van der Waals surface area contributed by atoms with E-state index in [1.807, 2.05) is 24.3 Å². The molecular weight excluding hydrogens is 782 g/mol. The Morgan fingerprint density at radius 2 is 1.28 bits per heavy atom. The summed E-state index contributed by atoms with van der Waals surface area (Å²) in [4.78, 5) is 54.7. The average molecular weight is 858 g/mol. The zero-order valence-corrected chi connectivity index (χ0v) is 37.1. The minimum absolute atomic E-state index is 0.0394. The van der Waals surface area contributed by atoms with Crippen molar-refractivity contribution in [3.05, 3.63) is 60.8 Å². The molecule has 0 aliphatic rings. The normalized spacial score (nSPS) is 14.6. The first-order chi connectivity index (χ1) is 27.9. The lowest BCUT2D eigenvalue weighted by Gasteiger charge is -2.22. The molecule has 0 saturated heterocycles. The summed E-state index contributed by atoms with van der Waals surface area (Å²) in [6, 6.07) is -1.14. The maximum Gasteiger partial charge on any atom is 0.469 e. The number of thioether (sulfide) groups is 1. The molecule has 0 unspecified atom stereocenters. The first kappa shape index (κ1) is 55.5. The molecule has 0 aromatic rings. The van der Waals surface area contributed by atoms with Crippen molar-refractivity contribution in [3.8, 4) is 0 Å². The van der Waals surface area contributed by atoms with Crippen molar-refractivity contribution in [2.45, 2.75) is 179 Å². The number of phosphoric acid groups is 1. The molecule has 0 heterocycles. The first-order valence-corrected chi connectivity index (χ1v) is 24.1. The highest BCUT2D eigenvalue weighted by Gasteiger charge is 2.26. The van der Waals surface area contributed by atoms with Crippen LogP contribution in [0.4, 0.5) is 0 Å². The van der Waals surface area contributed by atoms with Crippen molar-refractivity contribution in [2.75, 3.05) is 19.0 Å². The lowest BCUT2D eigenvalue weighted by molar-refractivity contribution is -0.161. The number of rotatable bonds is 39. The number of allylic oxidation sites excluding steroid dienone is 9. The van der Waals surface area contributed by atoms with Gasteiger partial charge in [0.1, 0.15) is 12.6 Å². The maximum absolute atomic E-state index is 12.8. The molecule has 12 nitrogen and oxygen atoms in total. The van der Waals surface area contributed by atoms with Crippen molar-refractivity contribution in [1.29, 1.82) is 0 Å². The number of aliphatic hydroxyl groups is 1. The van der Waals surface area contributed by atoms with Gasteiger partial charge in [-0.1, -0.05) is 139 Å². The van der Waals surface area contributed by atoms with Gasteiger partial charge in [0, 0.05) is 23.8 Å². The van der Waals surface area contributed by atoms with Crippen LogP contribution < -0.4 is 5.73 Å². The zero-order chi connectivity index (χ0) is 43.1. The molecule has 0 amide bonds. The Labute approximate surface area is 353 Å². The third-order valence-corrected chi connectivity index (χ3v) is 10.9. The molecule has 6 N–H and O–H groups in total. The van der Waals surface area contributed by atoms with Crippen LogP contribution in [0.25, 0.3) is 0 Å². The van der Waals surface area contributed by atoms with Crippen LogP contribution >= 0.6 is 19.6 Å². The number of carbonyl (C=O) groups excluding carboxylic acids is 2. The lowest BCUT2D eigenvalue weighted by atomic mass is 10.1. The molecule has 0 aliphatic heterocycles. The summed E-state index contributed by atoms with van der Waals surface area (Å²) in [5.74, 6) is -2.35. The molecule has 4 atom stereocenters. The molecule has 0 radical (unpaired) electrons. The molecule has 14 heteroatoms. The van der Waals surface area contributed by atoms with Crippen molar-refractivity contribution < 1.29 is 52.9 Å². The van der Waals surface area contributed by atoms with Crippen LogP contribution in [0.5, 0.6) is 0 Å². The van der Waals surface area contributed by atoms with Gasteiger partial charge in [-0.3, -0.25) is 18.9 Å². The highest BCUT2D eigenvalue weighted by molar-refractivity contribution is 8.00. The number of carboxylic acid groups (broad SMARTS) is 1. The minimum atomic E-state index is -4.89. The number of hydrogen-bond acceptors (Lipinski definition) is 10. The van der Waals surface area contributed by atoms with E-state index in [0.717, 1.165) is 44.9 Å². The number of ether oxygens (including phenoxy) is 2. The van der Waals surface area contributed by atoms with E-state index in [1.54, 1.807) is 12.2 Å². The van der Waals surface area contributed by atoms with Gasteiger partial charge in [-0.2, -0.15) is 0 Å². The molecule has 0 bridgehead atoms. The van der Waals surface area contributed by atoms with Crippen molar-refractivity contribution in [1.82, 2.24) is 0 Å². The molecule has 0 rings (SSSR count). The van der Waals surface area contributed by atoms with E-state index in [0.29, 0.717) is 6.42 Å². The highest BCUT2D eigenvalue weighted by atomic mass is 32.2. The Morgan fingerprint density at radius 1 is 0.707 bits per heavy atom. The summed E-state index contributed by atoms with van der Waals surface area (Å²) >= 11 is 1.20. The Kier molecular flexibility index (Phi) is 37.0. The predicted octanol–water partition coefficient (Wildman–Crippen LogP) is 9.83. The van der Waals surface area contributed by atoms with E-state index in [2.05, 4.69) is 42.7 Å². The number of nitrogens with two attached hydrogens (primary N) is 1. The second-order valence-corrected chi connectivity index (χ2v) is 17.0. The van der Waals surface area contributed by atoms with Gasteiger partial charge in [-0.15, -0.1) is 11.8 Å². The van der Waals surface area contributed by atoms with E-state index < -0.39 is 62.4 Å². The standard InChI is InChI=1S/C44H76NO11PS/c1-3-5-7-9-11-13-15-17-18-19-21-23-25-27-29-34-43(49)56-38(36-55-57(51,52)53)35-54-44(50)39(45)37-58-41(40(46)31-30-33-42(47)48)32-28-26-24-22-20-16-14-12-10-8-6-4-2/h12-15,20,22,24,26,28,32,38-41,46H,3-11,16-19,21,23,25,27,29-31,33-37,45H2,1-2H3,(H,47,48)(H2,51,52,53)/b14-12-,15-13-,22-20-,26-24+,32-28+/t38-,39+,40+,41-/m1/s1. The van der Waals surface area contributed by atoms with Gasteiger partial charge in [-0.05, 0) is 64.2 Å². The molecule has 0 spiro atoms. The quantitative estimate of drug-likeness (QED) is 0.0129. The summed E-state index contributed by atoms with van der Waals surface area (Å²) < 4.78 is 26.5. The summed E-state index contributed by atoms with van der Waals surface area (Å²) in [5, 5.41) is 19.3. The molecule has 0 saturated carbocycles.